The largest absolute Gasteiger partial charge is 0.289 e. The van der Waals surface area contributed by atoms with Gasteiger partial charge in [0.1, 0.15) is 4.21 Å². The summed E-state index contributed by atoms with van der Waals surface area (Å²) in [5.41, 5.74) is 0.628. The van der Waals surface area contributed by atoms with Gasteiger partial charge in [0.2, 0.25) is 9.84 Å². The number of fused-ring (bicyclic) bond motifs is 4. The Morgan fingerprint density at radius 2 is 1.70 bits per heavy atom. The molecule has 2 bridgehead atoms. The SMILES string of the molecule is C.Cc1c(S(=O)(=O)Nc2ccc3cc2S(=O)(=O)c2ccccc2C3=O)sc2ccc(Cl)cc12. The predicted octanol–water partition coefficient (Wildman–Crippen LogP) is 5.68. The molecular weight excluding hydrogens is 502 g/mol. The van der Waals surface area contributed by atoms with Gasteiger partial charge in [-0.3, -0.25) is 9.52 Å². The molecule has 0 radical (unpaired) electrons. The van der Waals surface area contributed by atoms with Crippen LogP contribution < -0.4 is 4.72 Å². The van der Waals surface area contributed by atoms with E-state index in [0.29, 0.717) is 16.0 Å². The third-order valence-electron chi connectivity index (χ3n) is 5.30. The number of aryl methyl sites for hydroxylation is 1. The second kappa shape index (κ2) is 7.95. The van der Waals surface area contributed by atoms with E-state index in [9.17, 15) is 21.6 Å². The van der Waals surface area contributed by atoms with E-state index in [1.807, 2.05) is 0 Å². The Morgan fingerprint density at radius 1 is 0.970 bits per heavy atom. The Balaban J connectivity index is 0.00000259. The maximum Gasteiger partial charge on any atom is 0.271 e. The minimum absolute atomic E-state index is 0. The van der Waals surface area contributed by atoms with Gasteiger partial charge in [0.05, 0.1) is 15.5 Å². The second-order valence-corrected chi connectivity index (χ2v) is 12.6. The summed E-state index contributed by atoms with van der Waals surface area (Å²) in [6.07, 6.45) is 0. The summed E-state index contributed by atoms with van der Waals surface area (Å²) < 4.78 is 56.4. The number of ketones is 1. The monoisotopic (exact) mass is 519 g/mol. The first-order chi connectivity index (χ1) is 15.1. The fraction of sp³-hybridized carbons (Fsp3) is 0.0870. The van der Waals surface area contributed by atoms with Crippen LogP contribution in [0.4, 0.5) is 5.69 Å². The molecule has 0 saturated heterocycles. The lowest BCUT2D eigenvalue weighted by Gasteiger charge is -2.12. The van der Waals surface area contributed by atoms with Crippen LogP contribution in [0.1, 0.15) is 28.9 Å². The number of carbonyl (C=O) groups excluding carboxylic acids is 1. The number of sulfone groups is 1. The molecule has 0 atom stereocenters. The first-order valence-corrected chi connectivity index (χ1v) is 13.5. The van der Waals surface area contributed by atoms with Crippen molar-refractivity contribution in [3.63, 3.8) is 0 Å². The molecule has 0 saturated carbocycles. The number of hydrogen-bond acceptors (Lipinski definition) is 6. The zero-order valence-electron chi connectivity index (χ0n) is 16.4. The highest BCUT2D eigenvalue weighted by atomic mass is 35.5. The number of nitrogens with one attached hydrogen (secondary N) is 1. The smallest absolute Gasteiger partial charge is 0.271 e. The molecule has 1 aromatic heterocycles. The normalized spacial score (nSPS) is 14.3. The number of anilines is 1. The van der Waals surface area contributed by atoms with E-state index >= 15 is 0 Å². The van der Waals surface area contributed by atoms with Crippen LogP contribution in [-0.2, 0) is 19.9 Å². The van der Waals surface area contributed by atoms with Gasteiger partial charge >= 0.3 is 0 Å². The van der Waals surface area contributed by atoms with E-state index in [0.717, 1.165) is 16.0 Å². The van der Waals surface area contributed by atoms with Crippen molar-refractivity contribution in [1.29, 1.82) is 0 Å². The molecule has 0 fully saturated rings. The molecule has 1 N–H and O–H groups in total. The third-order valence-corrected chi connectivity index (χ3v) is 10.6. The molecule has 2 heterocycles. The van der Waals surface area contributed by atoms with Gasteiger partial charge in [-0.25, -0.2) is 16.8 Å². The van der Waals surface area contributed by atoms with E-state index in [1.54, 1.807) is 31.2 Å². The Labute approximate surface area is 200 Å². The molecule has 10 heteroatoms. The lowest BCUT2D eigenvalue weighted by atomic mass is 10.0. The van der Waals surface area contributed by atoms with Crippen LogP contribution in [0.3, 0.4) is 0 Å². The van der Waals surface area contributed by atoms with Crippen molar-refractivity contribution >= 4 is 64.4 Å². The number of thiophene rings is 1. The standard InChI is InChI=1S/C22H14ClNO5S3.CH4/c1-12-16-11-14(23)7-9-18(16)30-22(12)32(28,29)24-17-8-6-13-10-20(17)31(26,27)19-5-3-2-4-15(19)21(13)25;/h2-11,24H,1H3;1H4. The van der Waals surface area contributed by atoms with Gasteiger partial charge in [0, 0.05) is 20.8 Å². The van der Waals surface area contributed by atoms with Gasteiger partial charge in [-0.05, 0) is 66.4 Å². The Hall–Kier alpha value is -2.72. The molecule has 6 nitrogen and oxygen atoms in total. The van der Waals surface area contributed by atoms with E-state index in [1.165, 1.54) is 36.4 Å². The van der Waals surface area contributed by atoms with Crippen molar-refractivity contribution in [2.45, 2.75) is 28.4 Å². The lowest BCUT2D eigenvalue weighted by molar-refractivity contribution is 0.103. The molecule has 4 aromatic rings. The van der Waals surface area contributed by atoms with Gasteiger partial charge in [-0.15, -0.1) is 11.3 Å². The molecule has 3 aromatic carbocycles. The Morgan fingerprint density at radius 3 is 2.45 bits per heavy atom. The predicted molar refractivity (Wildman–Crippen MR) is 131 cm³/mol. The van der Waals surface area contributed by atoms with Gasteiger partial charge in [-0.2, -0.15) is 0 Å². The van der Waals surface area contributed by atoms with Crippen molar-refractivity contribution in [1.82, 2.24) is 0 Å². The zero-order chi connectivity index (χ0) is 22.8. The van der Waals surface area contributed by atoms with Crippen molar-refractivity contribution in [3.05, 3.63) is 82.4 Å². The molecule has 1 aliphatic rings. The molecule has 0 amide bonds. The quantitative estimate of drug-likeness (QED) is 0.331. The van der Waals surface area contributed by atoms with Gasteiger partial charge in [-0.1, -0.05) is 31.2 Å². The molecular formula is C23H18ClNO5S3. The molecule has 0 unspecified atom stereocenters. The minimum atomic E-state index is -4.14. The van der Waals surface area contributed by atoms with Crippen molar-refractivity contribution in [2.75, 3.05) is 4.72 Å². The van der Waals surface area contributed by atoms with Crippen LogP contribution >= 0.6 is 22.9 Å². The zero-order valence-corrected chi connectivity index (χ0v) is 19.6. The van der Waals surface area contributed by atoms with Crippen LogP contribution in [0, 0.1) is 6.92 Å². The average molecular weight is 520 g/mol. The highest BCUT2D eigenvalue weighted by molar-refractivity contribution is 7.95. The Kier molecular flexibility index (Phi) is 5.65. The number of benzene rings is 3. The number of hydrogen-bond donors (Lipinski definition) is 1. The second-order valence-electron chi connectivity index (χ2n) is 7.30. The molecule has 33 heavy (non-hydrogen) atoms. The summed E-state index contributed by atoms with van der Waals surface area (Å²) in [6, 6.07) is 14.9. The highest BCUT2D eigenvalue weighted by Gasteiger charge is 2.33. The first-order valence-electron chi connectivity index (χ1n) is 9.34. The number of halogens is 1. The van der Waals surface area contributed by atoms with Gasteiger partial charge in [0.25, 0.3) is 10.0 Å². The summed E-state index contributed by atoms with van der Waals surface area (Å²) in [5, 5.41) is 1.20. The summed E-state index contributed by atoms with van der Waals surface area (Å²) in [5.74, 6) is -0.436. The fourth-order valence-electron chi connectivity index (χ4n) is 3.75. The topological polar surface area (TPSA) is 97.4 Å². The Bertz CT molecular complexity index is 1670. The van der Waals surface area contributed by atoms with E-state index in [-0.39, 0.29) is 38.2 Å². The third kappa shape index (κ3) is 3.65. The highest BCUT2D eigenvalue weighted by Crippen LogP contribution is 2.39. The van der Waals surface area contributed by atoms with Crippen molar-refractivity contribution < 1.29 is 21.6 Å². The van der Waals surface area contributed by atoms with Crippen LogP contribution in [0.15, 0.2) is 74.7 Å². The molecule has 1 aliphatic heterocycles. The maximum atomic E-state index is 13.3. The molecule has 0 spiro atoms. The van der Waals surface area contributed by atoms with E-state index < -0.39 is 25.6 Å². The van der Waals surface area contributed by atoms with Crippen molar-refractivity contribution in [2.24, 2.45) is 0 Å². The number of sulfonamides is 1. The van der Waals surface area contributed by atoms with E-state index in [4.69, 9.17) is 11.6 Å². The molecule has 0 aliphatic carbocycles. The van der Waals surface area contributed by atoms with Crippen LogP contribution in [0.2, 0.25) is 5.02 Å². The molecule has 5 rings (SSSR count). The number of carbonyl (C=O) groups is 1. The summed E-state index contributed by atoms with van der Waals surface area (Å²) in [6.45, 7) is 1.67. The number of rotatable bonds is 3. The summed E-state index contributed by atoms with van der Waals surface area (Å²) in [4.78, 5) is 12.3. The van der Waals surface area contributed by atoms with Crippen molar-refractivity contribution in [3.8, 4) is 0 Å². The average Bonchev–Trinajstić information content (AvgIpc) is 3.07. The first kappa shape index (κ1) is 23.4. The van der Waals surface area contributed by atoms with Crippen LogP contribution in [-0.4, -0.2) is 22.6 Å². The van der Waals surface area contributed by atoms with Crippen LogP contribution in [0.25, 0.3) is 10.1 Å². The fourth-order valence-corrected chi connectivity index (χ4v) is 8.45. The summed E-state index contributed by atoms with van der Waals surface area (Å²) >= 11 is 7.12. The minimum Gasteiger partial charge on any atom is -0.289 e. The van der Waals surface area contributed by atoms with Gasteiger partial charge in [0.15, 0.2) is 5.78 Å². The van der Waals surface area contributed by atoms with E-state index in [2.05, 4.69) is 4.72 Å². The summed E-state index contributed by atoms with van der Waals surface area (Å²) in [7, 11) is -8.25. The lowest BCUT2D eigenvalue weighted by Crippen LogP contribution is -2.15. The van der Waals surface area contributed by atoms with Gasteiger partial charge < -0.3 is 0 Å². The maximum absolute atomic E-state index is 13.3. The van der Waals surface area contributed by atoms with Crippen LogP contribution in [0.5, 0.6) is 0 Å². The molecule has 170 valence electrons.